The van der Waals surface area contributed by atoms with Crippen LogP contribution < -0.4 is 0 Å². The van der Waals surface area contributed by atoms with Gasteiger partial charge in [0, 0.05) is 0 Å². The highest BCUT2D eigenvalue weighted by Gasteiger charge is 2.44. The lowest BCUT2D eigenvalue weighted by molar-refractivity contribution is -0.144. The predicted molar refractivity (Wildman–Crippen MR) is 31.8 cm³/mol. The fraction of sp³-hybridized carbons (Fsp3) is 0.857. The van der Waals surface area contributed by atoms with E-state index in [1.807, 2.05) is 0 Å². The van der Waals surface area contributed by atoms with E-state index in [0.717, 1.165) is 12.8 Å². The first-order chi connectivity index (χ1) is 4.38. The van der Waals surface area contributed by atoms with E-state index in [1.165, 1.54) is 6.42 Å². The largest absolute Gasteiger partial charge is 0.465 e. The van der Waals surface area contributed by atoms with Crippen LogP contribution in [0.1, 0.15) is 19.3 Å². The van der Waals surface area contributed by atoms with Crippen LogP contribution in [0.25, 0.3) is 0 Å². The molecule has 0 aromatic heterocycles. The third-order valence-corrected chi connectivity index (χ3v) is 2.19. The highest BCUT2D eigenvalue weighted by molar-refractivity contribution is 5.75. The summed E-state index contributed by atoms with van der Waals surface area (Å²) in [5.74, 6) is 1.05. The molecule has 9 heavy (non-hydrogen) atoms. The number of ether oxygens (including phenoxy) is 1. The number of cyclic esters (lactones) is 1. The Hall–Kier alpha value is -0.530. The van der Waals surface area contributed by atoms with Crippen molar-refractivity contribution in [2.45, 2.75) is 19.3 Å². The summed E-state index contributed by atoms with van der Waals surface area (Å²) in [5.41, 5.74) is 0. The molecule has 2 heteroatoms. The van der Waals surface area contributed by atoms with Gasteiger partial charge in [0.2, 0.25) is 0 Å². The van der Waals surface area contributed by atoms with Gasteiger partial charge in [-0.2, -0.15) is 0 Å². The summed E-state index contributed by atoms with van der Waals surface area (Å²) >= 11 is 0. The molecule has 2 unspecified atom stereocenters. The summed E-state index contributed by atoms with van der Waals surface area (Å²) < 4.78 is 4.92. The number of hydrogen-bond donors (Lipinski definition) is 0. The van der Waals surface area contributed by atoms with E-state index in [9.17, 15) is 4.79 Å². The van der Waals surface area contributed by atoms with Gasteiger partial charge in [-0.25, -0.2) is 0 Å². The molecule has 1 aliphatic heterocycles. The van der Waals surface area contributed by atoms with Gasteiger partial charge in [-0.15, -0.1) is 0 Å². The Labute approximate surface area is 54.2 Å². The Kier molecular flexibility index (Phi) is 1.01. The van der Waals surface area contributed by atoms with E-state index in [1.54, 1.807) is 0 Å². The molecule has 50 valence electrons. The third-order valence-electron chi connectivity index (χ3n) is 2.19. The molecule has 0 amide bonds. The minimum Gasteiger partial charge on any atom is -0.465 e. The number of esters is 1. The Morgan fingerprint density at radius 3 is 3.33 bits per heavy atom. The summed E-state index contributed by atoms with van der Waals surface area (Å²) in [7, 11) is 0. The molecule has 2 rings (SSSR count). The van der Waals surface area contributed by atoms with Crippen LogP contribution >= 0.6 is 0 Å². The highest BCUT2D eigenvalue weighted by atomic mass is 16.5. The van der Waals surface area contributed by atoms with Crippen LogP contribution in [0.5, 0.6) is 0 Å². The zero-order valence-electron chi connectivity index (χ0n) is 5.30. The maximum absolute atomic E-state index is 10.8. The van der Waals surface area contributed by atoms with Crippen molar-refractivity contribution in [3.05, 3.63) is 0 Å². The minimum absolute atomic E-state index is 0.0532. The normalized spacial score (nSPS) is 40.7. The number of hydrogen-bond acceptors (Lipinski definition) is 2. The van der Waals surface area contributed by atoms with Crippen LogP contribution in [0.15, 0.2) is 0 Å². The summed E-state index contributed by atoms with van der Waals surface area (Å²) in [6.07, 6.45) is 3.38. The van der Waals surface area contributed by atoms with Crippen molar-refractivity contribution >= 4 is 5.97 Å². The highest BCUT2D eigenvalue weighted by Crippen LogP contribution is 2.44. The van der Waals surface area contributed by atoms with Crippen molar-refractivity contribution in [3.63, 3.8) is 0 Å². The van der Waals surface area contributed by atoms with Crippen LogP contribution in [0.3, 0.4) is 0 Å². The zero-order chi connectivity index (χ0) is 6.27. The van der Waals surface area contributed by atoms with Crippen molar-refractivity contribution in [3.8, 4) is 0 Å². The molecule has 0 aromatic carbocycles. The van der Waals surface area contributed by atoms with Crippen LogP contribution in [0.2, 0.25) is 0 Å². The van der Waals surface area contributed by atoms with Crippen LogP contribution in [-0.2, 0) is 9.53 Å². The van der Waals surface area contributed by atoms with Crippen molar-refractivity contribution in [2.75, 3.05) is 6.61 Å². The van der Waals surface area contributed by atoms with Gasteiger partial charge < -0.3 is 4.74 Å². The molecule has 0 N–H and O–H groups in total. The average molecular weight is 126 g/mol. The van der Waals surface area contributed by atoms with E-state index in [4.69, 9.17) is 4.74 Å². The molecule has 2 fully saturated rings. The number of carbonyl (C=O) groups is 1. The second-order valence-corrected chi connectivity index (χ2v) is 2.91. The van der Waals surface area contributed by atoms with Crippen LogP contribution in [-0.4, -0.2) is 12.6 Å². The summed E-state index contributed by atoms with van der Waals surface area (Å²) in [6.45, 7) is 0.659. The van der Waals surface area contributed by atoms with Gasteiger partial charge in [-0.05, 0) is 25.2 Å². The van der Waals surface area contributed by atoms with Gasteiger partial charge >= 0.3 is 5.97 Å². The van der Waals surface area contributed by atoms with Crippen molar-refractivity contribution in [2.24, 2.45) is 11.8 Å². The monoisotopic (exact) mass is 126 g/mol. The first-order valence-corrected chi connectivity index (χ1v) is 3.54. The van der Waals surface area contributed by atoms with Gasteiger partial charge in [0.15, 0.2) is 0 Å². The Morgan fingerprint density at radius 1 is 1.56 bits per heavy atom. The predicted octanol–water partition coefficient (Wildman–Crippen LogP) is 0.960. The van der Waals surface area contributed by atoms with Crippen LogP contribution in [0, 0.1) is 11.8 Å². The number of rotatable bonds is 0. The van der Waals surface area contributed by atoms with Crippen molar-refractivity contribution in [1.82, 2.24) is 0 Å². The molecule has 1 saturated carbocycles. The Bertz CT molecular complexity index is 142. The number of fused-ring (bicyclic) bond motifs is 1. The first-order valence-electron chi connectivity index (χ1n) is 3.54. The van der Waals surface area contributed by atoms with Gasteiger partial charge in [0.25, 0.3) is 0 Å². The summed E-state index contributed by atoms with van der Waals surface area (Å²) in [5, 5.41) is 0. The fourth-order valence-corrected chi connectivity index (χ4v) is 1.48. The lowest BCUT2D eigenvalue weighted by atomic mass is 10.2. The van der Waals surface area contributed by atoms with Gasteiger partial charge in [0.1, 0.15) is 0 Å². The first kappa shape index (κ1) is 5.27. The standard InChI is InChI=1S/C7H10O2/c8-7-6-4-5(6)2-1-3-9-7/h5-6H,1-4H2. The lowest BCUT2D eigenvalue weighted by Gasteiger charge is -1.96. The average Bonchev–Trinajstić information content (AvgIpc) is 2.55. The molecule has 2 nitrogen and oxygen atoms in total. The quantitative estimate of drug-likeness (QED) is 0.452. The molecule has 1 aliphatic carbocycles. The van der Waals surface area contributed by atoms with E-state index >= 15 is 0 Å². The summed E-state index contributed by atoms with van der Waals surface area (Å²) in [4.78, 5) is 10.8. The molecule has 1 heterocycles. The van der Waals surface area contributed by atoms with Crippen molar-refractivity contribution < 1.29 is 9.53 Å². The third kappa shape index (κ3) is 0.824. The molecular weight excluding hydrogens is 116 g/mol. The number of carbonyl (C=O) groups excluding carboxylic acids is 1. The van der Waals surface area contributed by atoms with E-state index in [-0.39, 0.29) is 5.97 Å². The topological polar surface area (TPSA) is 26.3 Å². The van der Waals surface area contributed by atoms with Crippen LogP contribution in [0.4, 0.5) is 0 Å². The molecule has 1 saturated heterocycles. The molecule has 0 radical (unpaired) electrons. The molecule has 0 spiro atoms. The molecule has 2 aliphatic rings. The van der Waals surface area contributed by atoms with Gasteiger partial charge in [0.05, 0.1) is 12.5 Å². The smallest absolute Gasteiger partial charge is 0.309 e. The fourth-order valence-electron chi connectivity index (χ4n) is 1.48. The molecule has 2 atom stereocenters. The Balaban J connectivity index is 2.03. The minimum atomic E-state index is 0.0532. The molecular formula is C7H10O2. The SMILES string of the molecule is O=C1OCCCC2CC12. The zero-order valence-corrected chi connectivity index (χ0v) is 5.30. The maximum Gasteiger partial charge on any atom is 0.309 e. The second kappa shape index (κ2) is 1.72. The van der Waals surface area contributed by atoms with Gasteiger partial charge in [-0.3, -0.25) is 4.79 Å². The lowest BCUT2D eigenvalue weighted by Crippen LogP contribution is -2.05. The van der Waals surface area contributed by atoms with E-state index in [0.29, 0.717) is 18.4 Å². The Morgan fingerprint density at radius 2 is 2.44 bits per heavy atom. The van der Waals surface area contributed by atoms with Crippen molar-refractivity contribution in [1.29, 1.82) is 0 Å². The van der Waals surface area contributed by atoms with E-state index in [2.05, 4.69) is 0 Å². The molecule has 0 aromatic rings. The maximum atomic E-state index is 10.8. The second-order valence-electron chi connectivity index (χ2n) is 2.91. The molecule has 0 bridgehead atoms. The van der Waals surface area contributed by atoms with E-state index < -0.39 is 0 Å². The van der Waals surface area contributed by atoms with Gasteiger partial charge in [-0.1, -0.05) is 0 Å². The summed E-state index contributed by atoms with van der Waals surface area (Å²) in [6, 6.07) is 0.